The van der Waals surface area contributed by atoms with Crippen LogP contribution < -0.4 is 20.1 Å². The maximum atomic E-state index is 12.9. The van der Waals surface area contributed by atoms with Gasteiger partial charge in [-0.1, -0.05) is 19.1 Å². The Hall–Kier alpha value is -2.84. The van der Waals surface area contributed by atoms with Gasteiger partial charge in [0.2, 0.25) is 0 Å². The number of guanidine groups is 1. The van der Waals surface area contributed by atoms with Crippen molar-refractivity contribution in [1.82, 2.24) is 20.4 Å². The van der Waals surface area contributed by atoms with Crippen LogP contribution in [0, 0.1) is 19.8 Å². The van der Waals surface area contributed by atoms with E-state index in [1.54, 1.807) is 25.1 Å². The molecule has 0 fully saturated rings. The summed E-state index contributed by atoms with van der Waals surface area (Å²) in [6.07, 6.45) is 0. The van der Waals surface area contributed by atoms with Crippen LogP contribution >= 0.6 is 0 Å². The molecule has 2 N–H and O–H groups in total. The number of nitrogens with zero attached hydrogens (tertiary/aromatic N) is 3. The predicted octanol–water partition coefficient (Wildman–Crippen LogP) is 3.89. The van der Waals surface area contributed by atoms with Gasteiger partial charge < -0.3 is 20.1 Å². The molecule has 0 aliphatic carbocycles. The molecule has 0 radical (unpaired) electrons. The molecule has 1 unspecified atom stereocenters. The van der Waals surface area contributed by atoms with Gasteiger partial charge >= 0.3 is 6.61 Å². The highest BCUT2D eigenvalue weighted by Gasteiger charge is 2.16. The monoisotopic (exact) mass is 437 g/mol. The Morgan fingerprint density at radius 2 is 2.00 bits per heavy atom. The van der Waals surface area contributed by atoms with Crippen molar-refractivity contribution >= 4 is 5.96 Å². The van der Waals surface area contributed by atoms with E-state index >= 15 is 0 Å². The minimum Gasteiger partial charge on any atom is -0.490 e. The molecule has 0 aliphatic rings. The quantitative estimate of drug-likeness (QED) is 0.412. The molecule has 9 heteroatoms. The first-order valence-electron chi connectivity index (χ1n) is 10.6. The van der Waals surface area contributed by atoms with Crippen molar-refractivity contribution in [2.24, 2.45) is 10.9 Å². The minimum absolute atomic E-state index is 0.0249. The average Bonchev–Trinajstić information content (AvgIpc) is 3.02. The van der Waals surface area contributed by atoms with E-state index < -0.39 is 6.61 Å². The highest BCUT2D eigenvalue weighted by molar-refractivity contribution is 5.79. The summed E-state index contributed by atoms with van der Waals surface area (Å²) >= 11 is 0. The summed E-state index contributed by atoms with van der Waals surface area (Å²) in [5, 5.41) is 11.0. The number of alkyl halides is 2. The van der Waals surface area contributed by atoms with Gasteiger partial charge in [0, 0.05) is 30.9 Å². The second-order valence-electron chi connectivity index (χ2n) is 7.35. The third-order valence-corrected chi connectivity index (χ3v) is 4.52. The lowest BCUT2D eigenvalue weighted by atomic mass is 10.2. The molecule has 0 amide bonds. The molecule has 0 spiro atoms. The van der Waals surface area contributed by atoms with Gasteiger partial charge in [-0.05, 0) is 45.7 Å². The largest absolute Gasteiger partial charge is 0.490 e. The first-order valence-corrected chi connectivity index (χ1v) is 10.6. The number of aryl methyl sites for hydroxylation is 2. The summed E-state index contributed by atoms with van der Waals surface area (Å²) < 4.78 is 38.0. The van der Waals surface area contributed by atoms with E-state index in [1.807, 2.05) is 25.5 Å². The molecule has 2 aromatic rings. The van der Waals surface area contributed by atoms with Crippen molar-refractivity contribution < 1.29 is 18.3 Å². The fourth-order valence-corrected chi connectivity index (χ4v) is 3.17. The number of benzene rings is 1. The SMILES string of the molecule is CCNC(=NCc1cccc(OCC)c1OC(F)F)NCC(C)Cn1nc(C)cc1C. The number of hydrogen-bond acceptors (Lipinski definition) is 4. The second kappa shape index (κ2) is 12.1. The molecule has 1 aromatic heterocycles. The van der Waals surface area contributed by atoms with Gasteiger partial charge in [-0.25, -0.2) is 4.99 Å². The molecule has 1 atom stereocenters. The maximum absolute atomic E-state index is 12.9. The van der Waals surface area contributed by atoms with Crippen LogP contribution in [0.2, 0.25) is 0 Å². The van der Waals surface area contributed by atoms with E-state index in [4.69, 9.17) is 9.47 Å². The van der Waals surface area contributed by atoms with Crippen molar-refractivity contribution in [2.45, 2.75) is 54.3 Å². The van der Waals surface area contributed by atoms with Crippen molar-refractivity contribution in [3.05, 3.63) is 41.2 Å². The van der Waals surface area contributed by atoms with Gasteiger partial charge in [0.05, 0.1) is 18.8 Å². The molecule has 31 heavy (non-hydrogen) atoms. The van der Waals surface area contributed by atoms with Gasteiger partial charge in [0.1, 0.15) is 0 Å². The first kappa shape index (κ1) is 24.4. The molecule has 0 saturated carbocycles. The Bertz CT molecular complexity index is 854. The molecular formula is C22H33F2N5O2. The van der Waals surface area contributed by atoms with Crippen molar-refractivity contribution in [1.29, 1.82) is 0 Å². The summed E-state index contributed by atoms with van der Waals surface area (Å²) in [7, 11) is 0. The zero-order valence-corrected chi connectivity index (χ0v) is 18.9. The van der Waals surface area contributed by atoms with E-state index in [1.165, 1.54) is 0 Å². The Kier molecular flexibility index (Phi) is 9.55. The molecule has 1 aromatic carbocycles. The number of nitrogens with one attached hydrogen (secondary N) is 2. The zero-order chi connectivity index (χ0) is 22.8. The Morgan fingerprint density at radius 1 is 1.23 bits per heavy atom. The summed E-state index contributed by atoms with van der Waals surface area (Å²) in [4.78, 5) is 4.55. The molecular weight excluding hydrogens is 404 g/mol. The van der Waals surface area contributed by atoms with Crippen molar-refractivity contribution in [3.8, 4) is 11.5 Å². The van der Waals surface area contributed by atoms with Crippen LogP contribution in [0.3, 0.4) is 0 Å². The lowest BCUT2D eigenvalue weighted by molar-refractivity contribution is -0.0520. The van der Waals surface area contributed by atoms with Crippen LogP contribution in [0.5, 0.6) is 11.5 Å². The Labute approximate surface area is 182 Å². The number of aliphatic imine (C=N–C) groups is 1. The van der Waals surface area contributed by atoms with Crippen LogP contribution in [-0.2, 0) is 13.1 Å². The smallest absolute Gasteiger partial charge is 0.387 e. The first-order chi connectivity index (χ1) is 14.8. The number of aromatic nitrogens is 2. The molecule has 2 rings (SSSR count). The molecule has 1 heterocycles. The summed E-state index contributed by atoms with van der Waals surface area (Å²) in [6.45, 7) is 9.65. The topological polar surface area (TPSA) is 72.7 Å². The lowest BCUT2D eigenvalue weighted by Gasteiger charge is -2.17. The summed E-state index contributed by atoms with van der Waals surface area (Å²) in [5.41, 5.74) is 2.66. The minimum atomic E-state index is -2.94. The van der Waals surface area contributed by atoms with Crippen molar-refractivity contribution in [3.63, 3.8) is 0 Å². The maximum Gasteiger partial charge on any atom is 0.387 e. The lowest BCUT2D eigenvalue weighted by Crippen LogP contribution is -2.40. The van der Waals surface area contributed by atoms with Gasteiger partial charge in [0.25, 0.3) is 0 Å². The molecule has 172 valence electrons. The fraction of sp³-hybridized carbons (Fsp3) is 0.545. The number of ether oxygens (including phenoxy) is 2. The number of halogens is 2. The third-order valence-electron chi connectivity index (χ3n) is 4.52. The summed E-state index contributed by atoms with van der Waals surface area (Å²) in [6, 6.07) is 7.11. The molecule has 7 nitrogen and oxygen atoms in total. The summed E-state index contributed by atoms with van der Waals surface area (Å²) in [5.74, 6) is 1.22. The number of para-hydroxylation sites is 1. The zero-order valence-electron chi connectivity index (χ0n) is 18.9. The third kappa shape index (κ3) is 7.73. The van der Waals surface area contributed by atoms with E-state index in [-0.39, 0.29) is 18.0 Å². The second-order valence-corrected chi connectivity index (χ2v) is 7.35. The van der Waals surface area contributed by atoms with Crippen LogP contribution in [-0.4, -0.2) is 42.0 Å². The van der Waals surface area contributed by atoms with E-state index in [9.17, 15) is 8.78 Å². The van der Waals surface area contributed by atoms with E-state index in [2.05, 4.69) is 33.7 Å². The van der Waals surface area contributed by atoms with Gasteiger partial charge in [-0.2, -0.15) is 13.9 Å². The van der Waals surface area contributed by atoms with Crippen LogP contribution in [0.25, 0.3) is 0 Å². The Balaban J connectivity index is 2.06. The molecule has 0 bridgehead atoms. The molecule has 0 saturated heterocycles. The predicted molar refractivity (Wildman–Crippen MR) is 118 cm³/mol. The van der Waals surface area contributed by atoms with Crippen LogP contribution in [0.1, 0.15) is 37.7 Å². The highest BCUT2D eigenvalue weighted by Crippen LogP contribution is 2.33. The standard InChI is InChI=1S/C22H33F2N5O2/c1-6-25-22(26-12-15(3)14-29-17(5)11-16(4)28-29)27-13-18-9-8-10-19(30-7-2)20(18)31-21(23)24/h8-11,15,21H,6-7,12-14H2,1-5H3,(H2,25,26,27). The van der Waals surface area contributed by atoms with Crippen LogP contribution in [0.15, 0.2) is 29.3 Å². The number of rotatable bonds is 11. The van der Waals surface area contributed by atoms with E-state index in [0.717, 1.165) is 17.9 Å². The van der Waals surface area contributed by atoms with Crippen LogP contribution in [0.4, 0.5) is 8.78 Å². The normalized spacial score (nSPS) is 12.7. The number of hydrogen-bond donors (Lipinski definition) is 2. The average molecular weight is 438 g/mol. The fourth-order valence-electron chi connectivity index (χ4n) is 3.17. The highest BCUT2D eigenvalue weighted by atomic mass is 19.3. The van der Waals surface area contributed by atoms with Gasteiger partial charge in [-0.3, -0.25) is 4.68 Å². The Morgan fingerprint density at radius 3 is 2.61 bits per heavy atom. The van der Waals surface area contributed by atoms with E-state index in [0.29, 0.717) is 37.1 Å². The molecule has 0 aliphatic heterocycles. The van der Waals surface area contributed by atoms with Crippen molar-refractivity contribution in [2.75, 3.05) is 19.7 Å². The van der Waals surface area contributed by atoms with Gasteiger partial charge in [-0.15, -0.1) is 0 Å². The van der Waals surface area contributed by atoms with Gasteiger partial charge in [0.15, 0.2) is 17.5 Å².